The van der Waals surface area contributed by atoms with E-state index in [1.807, 2.05) is 47.7 Å². The van der Waals surface area contributed by atoms with Crippen molar-refractivity contribution in [3.63, 3.8) is 0 Å². The summed E-state index contributed by atoms with van der Waals surface area (Å²) in [5, 5.41) is 4.86. The lowest BCUT2D eigenvalue weighted by Crippen LogP contribution is -2.13. The van der Waals surface area contributed by atoms with E-state index >= 15 is 0 Å². The Morgan fingerprint density at radius 3 is 2.81 bits per heavy atom. The molecule has 0 unspecified atom stereocenters. The molecule has 0 amide bonds. The normalized spacial score (nSPS) is 15.5. The molecule has 0 bridgehead atoms. The molecule has 1 atom stereocenters. The zero-order valence-electron chi connectivity index (χ0n) is 14.9. The largest absolute Gasteiger partial charge is 0.320 e. The van der Waals surface area contributed by atoms with Gasteiger partial charge in [0, 0.05) is 18.3 Å². The molecule has 0 aliphatic heterocycles. The molecule has 0 saturated heterocycles. The van der Waals surface area contributed by atoms with Crippen molar-refractivity contribution >= 4 is 11.0 Å². The highest BCUT2D eigenvalue weighted by Crippen LogP contribution is 2.39. The molecule has 5 rings (SSSR count). The molecule has 130 valence electrons. The Kier molecular flexibility index (Phi) is 3.38. The Labute approximate surface area is 151 Å². The van der Waals surface area contributed by atoms with Gasteiger partial charge in [-0.15, -0.1) is 0 Å². The number of nitrogens with zero attached hydrogens (tertiary/aromatic N) is 6. The van der Waals surface area contributed by atoms with Crippen LogP contribution in [0, 0.1) is 6.92 Å². The van der Waals surface area contributed by atoms with Gasteiger partial charge in [-0.25, -0.2) is 14.6 Å². The first-order valence-corrected chi connectivity index (χ1v) is 9.02. The van der Waals surface area contributed by atoms with Crippen LogP contribution >= 0.6 is 0 Å². The van der Waals surface area contributed by atoms with Crippen molar-refractivity contribution in [1.29, 1.82) is 0 Å². The van der Waals surface area contributed by atoms with E-state index in [4.69, 9.17) is 10.1 Å². The molecule has 0 spiro atoms. The molecular weight excluding hydrogens is 324 g/mol. The number of imidazole rings is 1. The molecule has 26 heavy (non-hydrogen) atoms. The van der Waals surface area contributed by atoms with E-state index in [0.29, 0.717) is 5.92 Å². The van der Waals surface area contributed by atoms with E-state index in [0.717, 1.165) is 33.9 Å². The molecule has 0 N–H and O–H groups in total. The first kappa shape index (κ1) is 15.3. The van der Waals surface area contributed by atoms with Crippen LogP contribution in [0.1, 0.15) is 48.9 Å². The molecule has 3 heterocycles. The SMILES string of the molecule is Cc1cnccc1-n1nc(C2CC2)nc1[C@H](C)n1cnc2ccccc21. The molecule has 1 fully saturated rings. The summed E-state index contributed by atoms with van der Waals surface area (Å²) in [7, 11) is 0. The zero-order valence-corrected chi connectivity index (χ0v) is 14.9. The summed E-state index contributed by atoms with van der Waals surface area (Å²) in [5.74, 6) is 2.39. The Morgan fingerprint density at radius 2 is 2.00 bits per heavy atom. The lowest BCUT2D eigenvalue weighted by atomic mass is 10.2. The topological polar surface area (TPSA) is 61.4 Å². The number of aromatic nitrogens is 6. The third-order valence-corrected chi connectivity index (χ3v) is 5.08. The molecule has 3 aromatic heterocycles. The third-order valence-electron chi connectivity index (χ3n) is 5.08. The second-order valence-electron chi connectivity index (χ2n) is 6.99. The van der Waals surface area contributed by atoms with E-state index in [1.165, 1.54) is 12.8 Å². The number of fused-ring (bicyclic) bond motifs is 1. The summed E-state index contributed by atoms with van der Waals surface area (Å²) >= 11 is 0. The monoisotopic (exact) mass is 344 g/mol. The van der Waals surface area contributed by atoms with Crippen molar-refractivity contribution in [3.8, 4) is 5.69 Å². The average Bonchev–Trinajstić information content (AvgIpc) is 3.28. The van der Waals surface area contributed by atoms with Gasteiger partial charge in [-0.2, -0.15) is 5.10 Å². The van der Waals surface area contributed by atoms with Crippen molar-refractivity contribution in [2.24, 2.45) is 0 Å². The van der Waals surface area contributed by atoms with E-state index in [-0.39, 0.29) is 6.04 Å². The summed E-state index contributed by atoms with van der Waals surface area (Å²) in [6.45, 7) is 4.21. The van der Waals surface area contributed by atoms with Gasteiger partial charge in [0.25, 0.3) is 0 Å². The highest BCUT2D eigenvalue weighted by atomic mass is 15.4. The number of hydrogen-bond donors (Lipinski definition) is 0. The predicted octanol–water partition coefficient (Wildman–Crippen LogP) is 3.81. The summed E-state index contributed by atoms with van der Waals surface area (Å²) in [4.78, 5) is 13.7. The van der Waals surface area contributed by atoms with Crippen LogP contribution in [0.5, 0.6) is 0 Å². The van der Waals surface area contributed by atoms with Crippen LogP contribution in [0.2, 0.25) is 0 Å². The fourth-order valence-corrected chi connectivity index (χ4v) is 3.42. The van der Waals surface area contributed by atoms with Crippen LogP contribution in [0.25, 0.3) is 16.7 Å². The van der Waals surface area contributed by atoms with Gasteiger partial charge in [-0.05, 0) is 50.5 Å². The van der Waals surface area contributed by atoms with E-state index in [1.54, 1.807) is 0 Å². The summed E-state index contributed by atoms with van der Waals surface area (Å²) in [6, 6.07) is 10.2. The maximum atomic E-state index is 4.94. The average molecular weight is 344 g/mol. The lowest BCUT2D eigenvalue weighted by molar-refractivity contribution is 0.592. The van der Waals surface area contributed by atoms with Gasteiger partial charge in [-0.1, -0.05) is 12.1 Å². The summed E-state index contributed by atoms with van der Waals surface area (Å²) < 4.78 is 4.16. The van der Waals surface area contributed by atoms with Crippen LogP contribution < -0.4 is 0 Å². The molecule has 4 aromatic rings. The number of aryl methyl sites for hydroxylation is 1. The predicted molar refractivity (Wildman–Crippen MR) is 99.4 cm³/mol. The molecule has 1 aliphatic carbocycles. The highest BCUT2D eigenvalue weighted by molar-refractivity contribution is 5.75. The third kappa shape index (κ3) is 2.41. The molecule has 0 radical (unpaired) electrons. The van der Waals surface area contributed by atoms with E-state index in [9.17, 15) is 0 Å². The Hall–Kier alpha value is -3.02. The Bertz CT molecular complexity index is 1090. The van der Waals surface area contributed by atoms with E-state index < -0.39 is 0 Å². The number of pyridine rings is 1. The molecule has 1 aromatic carbocycles. The Morgan fingerprint density at radius 1 is 1.15 bits per heavy atom. The number of hydrogen-bond acceptors (Lipinski definition) is 4. The maximum Gasteiger partial charge on any atom is 0.155 e. The van der Waals surface area contributed by atoms with Crippen LogP contribution in [0.15, 0.2) is 49.1 Å². The minimum absolute atomic E-state index is 0.0231. The van der Waals surface area contributed by atoms with Gasteiger partial charge in [-0.3, -0.25) is 4.98 Å². The molecular formula is C20H20N6. The second-order valence-corrected chi connectivity index (χ2v) is 6.99. The highest BCUT2D eigenvalue weighted by Gasteiger charge is 2.31. The molecule has 6 nitrogen and oxygen atoms in total. The molecule has 6 heteroatoms. The fraction of sp³-hybridized carbons (Fsp3) is 0.300. The number of benzene rings is 1. The van der Waals surface area contributed by atoms with Crippen molar-refractivity contribution in [2.45, 2.75) is 38.6 Å². The van der Waals surface area contributed by atoms with Crippen LogP contribution in [0.4, 0.5) is 0 Å². The van der Waals surface area contributed by atoms with Crippen molar-refractivity contribution in [1.82, 2.24) is 29.3 Å². The zero-order chi connectivity index (χ0) is 17.7. The van der Waals surface area contributed by atoms with Gasteiger partial charge in [0.1, 0.15) is 0 Å². The lowest BCUT2D eigenvalue weighted by Gasteiger charge is -2.16. The van der Waals surface area contributed by atoms with Crippen molar-refractivity contribution < 1.29 is 0 Å². The van der Waals surface area contributed by atoms with Crippen LogP contribution in [-0.4, -0.2) is 29.3 Å². The summed E-state index contributed by atoms with van der Waals surface area (Å²) in [5.41, 5.74) is 4.22. The fourth-order valence-electron chi connectivity index (χ4n) is 3.42. The number of rotatable bonds is 4. The quantitative estimate of drug-likeness (QED) is 0.565. The first-order chi connectivity index (χ1) is 12.7. The smallest absolute Gasteiger partial charge is 0.155 e. The minimum atomic E-state index is 0.0231. The first-order valence-electron chi connectivity index (χ1n) is 9.02. The van der Waals surface area contributed by atoms with Gasteiger partial charge in [0.15, 0.2) is 11.6 Å². The number of para-hydroxylation sites is 2. The summed E-state index contributed by atoms with van der Waals surface area (Å²) in [6.07, 6.45) is 7.93. The van der Waals surface area contributed by atoms with Crippen LogP contribution in [-0.2, 0) is 0 Å². The van der Waals surface area contributed by atoms with Gasteiger partial charge < -0.3 is 4.57 Å². The minimum Gasteiger partial charge on any atom is -0.320 e. The second kappa shape index (κ2) is 5.76. The van der Waals surface area contributed by atoms with E-state index in [2.05, 4.69) is 34.4 Å². The van der Waals surface area contributed by atoms with Crippen LogP contribution in [0.3, 0.4) is 0 Å². The standard InChI is InChI=1S/C20H20N6/c1-13-11-21-10-9-17(13)26-20(23-19(24-26)15-7-8-15)14(2)25-12-22-16-5-3-4-6-18(16)25/h3-6,9-12,14-15H,7-8H2,1-2H3/t14-/m0/s1. The molecule has 1 saturated carbocycles. The maximum absolute atomic E-state index is 4.94. The van der Waals surface area contributed by atoms with Gasteiger partial charge in [0.05, 0.1) is 29.1 Å². The van der Waals surface area contributed by atoms with Crippen molar-refractivity contribution in [2.75, 3.05) is 0 Å². The molecule has 1 aliphatic rings. The van der Waals surface area contributed by atoms with Crippen molar-refractivity contribution in [3.05, 3.63) is 66.3 Å². The van der Waals surface area contributed by atoms with Gasteiger partial charge >= 0.3 is 0 Å². The Balaban J connectivity index is 1.67. The van der Waals surface area contributed by atoms with Gasteiger partial charge in [0.2, 0.25) is 0 Å².